The van der Waals surface area contributed by atoms with Crippen molar-refractivity contribution in [1.82, 2.24) is 0 Å². The van der Waals surface area contributed by atoms with E-state index in [0.29, 0.717) is 0 Å². The Labute approximate surface area is 56.3 Å². The minimum atomic E-state index is -4.61. The number of hydrogen-bond donors (Lipinski definition) is 2. The molecule has 0 heterocycles. The van der Waals surface area contributed by atoms with Gasteiger partial charge < -0.3 is 10.2 Å². The van der Waals surface area contributed by atoms with E-state index in [1.807, 2.05) is 0 Å². The van der Waals surface area contributed by atoms with Crippen LogP contribution >= 0.6 is 0 Å². The highest BCUT2D eigenvalue weighted by Crippen LogP contribution is 2.22. The fourth-order valence-corrected chi connectivity index (χ4v) is 0.457. The zero-order chi connectivity index (χ0) is 8.36. The third-order valence-electron chi connectivity index (χ3n) is 0.942. The van der Waals surface area contributed by atoms with Gasteiger partial charge in [0.25, 0.3) is 0 Å². The minimum Gasteiger partial charge on any atom is -0.393 e. The molecule has 2 atom stereocenters. The topological polar surface area (TPSA) is 40.5 Å². The summed E-state index contributed by atoms with van der Waals surface area (Å²) in [6.07, 6.45) is -8.82. The molecule has 0 aromatic carbocycles. The highest BCUT2D eigenvalue weighted by atomic mass is 19.4. The molecular weight excluding hydrogens is 149 g/mol. The van der Waals surface area contributed by atoms with Crippen LogP contribution in [0.25, 0.3) is 0 Å². The summed E-state index contributed by atoms with van der Waals surface area (Å²) in [5, 5.41) is 16.7. The van der Waals surface area contributed by atoms with Gasteiger partial charge in [-0.1, -0.05) is 0 Å². The molecule has 10 heavy (non-hydrogen) atoms. The third-order valence-corrected chi connectivity index (χ3v) is 0.942. The Bertz CT molecular complexity index is 99.6. The standard InChI is InChI=1S/C5H9F3O2/c1-3(9)2-4(10)5(6,7)8/h3-4,9-10H,2H2,1H3/t3-,4-/m1/s1. The maximum absolute atomic E-state index is 11.4. The van der Waals surface area contributed by atoms with Crippen molar-refractivity contribution < 1.29 is 23.4 Å². The van der Waals surface area contributed by atoms with Gasteiger partial charge in [0, 0.05) is 6.42 Å². The van der Waals surface area contributed by atoms with Crippen LogP contribution in [0.3, 0.4) is 0 Å². The van der Waals surface area contributed by atoms with E-state index in [0.717, 1.165) is 0 Å². The van der Waals surface area contributed by atoms with E-state index in [1.54, 1.807) is 0 Å². The van der Waals surface area contributed by atoms with Crippen LogP contribution in [0.15, 0.2) is 0 Å². The highest BCUT2D eigenvalue weighted by Gasteiger charge is 2.38. The monoisotopic (exact) mass is 158 g/mol. The molecule has 0 aromatic rings. The average Bonchev–Trinajstić information content (AvgIpc) is 1.60. The maximum Gasteiger partial charge on any atom is 0.414 e. The van der Waals surface area contributed by atoms with Crippen LogP contribution < -0.4 is 0 Å². The molecule has 0 amide bonds. The van der Waals surface area contributed by atoms with E-state index < -0.39 is 24.8 Å². The van der Waals surface area contributed by atoms with Gasteiger partial charge in [0.1, 0.15) is 0 Å². The van der Waals surface area contributed by atoms with Crippen molar-refractivity contribution in [3.8, 4) is 0 Å². The summed E-state index contributed by atoms with van der Waals surface area (Å²) in [6.45, 7) is 1.19. The quantitative estimate of drug-likeness (QED) is 0.620. The molecule has 0 spiro atoms. The van der Waals surface area contributed by atoms with Gasteiger partial charge in [-0.25, -0.2) is 0 Å². The molecule has 62 valence electrons. The molecule has 0 saturated heterocycles. The molecule has 0 radical (unpaired) electrons. The summed E-state index contributed by atoms with van der Waals surface area (Å²) < 4.78 is 34.3. The second-order valence-corrected chi connectivity index (χ2v) is 2.14. The van der Waals surface area contributed by atoms with Crippen LogP contribution in [0.5, 0.6) is 0 Å². The van der Waals surface area contributed by atoms with Crippen molar-refractivity contribution in [3.05, 3.63) is 0 Å². The average molecular weight is 158 g/mol. The fraction of sp³-hybridized carbons (Fsp3) is 1.00. The van der Waals surface area contributed by atoms with E-state index in [4.69, 9.17) is 10.2 Å². The molecule has 0 saturated carbocycles. The first-order valence-electron chi connectivity index (χ1n) is 2.77. The second kappa shape index (κ2) is 3.21. The summed E-state index contributed by atoms with van der Waals surface area (Å²) in [4.78, 5) is 0. The lowest BCUT2D eigenvalue weighted by Crippen LogP contribution is -2.31. The Hall–Kier alpha value is -0.290. The minimum absolute atomic E-state index is 0.663. The van der Waals surface area contributed by atoms with Gasteiger partial charge in [-0.3, -0.25) is 0 Å². The lowest BCUT2D eigenvalue weighted by atomic mass is 10.2. The summed E-state index contributed by atoms with van der Waals surface area (Å²) in [5.41, 5.74) is 0. The smallest absolute Gasteiger partial charge is 0.393 e. The Morgan fingerprint density at radius 3 is 1.80 bits per heavy atom. The van der Waals surface area contributed by atoms with Crippen molar-refractivity contribution in [2.24, 2.45) is 0 Å². The molecule has 0 aromatic heterocycles. The van der Waals surface area contributed by atoms with Crippen molar-refractivity contribution >= 4 is 0 Å². The number of halogens is 3. The number of alkyl halides is 3. The first-order chi connectivity index (χ1) is 4.34. The molecule has 0 aliphatic rings. The number of hydrogen-bond acceptors (Lipinski definition) is 2. The van der Waals surface area contributed by atoms with Crippen molar-refractivity contribution in [2.45, 2.75) is 31.7 Å². The van der Waals surface area contributed by atoms with E-state index >= 15 is 0 Å². The van der Waals surface area contributed by atoms with Crippen LogP contribution in [0.1, 0.15) is 13.3 Å². The lowest BCUT2D eigenvalue weighted by molar-refractivity contribution is -0.210. The second-order valence-electron chi connectivity index (χ2n) is 2.14. The van der Waals surface area contributed by atoms with Crippen molar-refractivity contribution in [1.29, 1.82) is 0 Å². The number of aliphatic hydroxyl groups excluding tert-OH is 2. The van der Waals surface area contributed by atoms with Gasteiger partial charge in [-0.2, -0.15) is 13.2 Å². The molecule has 2 N–H and O–H groups in total. The van der Waals surface area contributed by atoms with Crippen LogP contribution in [0.2, 0.25) is 0 Å². The zero-order valence-corrected chi connectivity index (χ0v) is 5.39. The van der Waals surface area contributed by atoms with Gasteiger partial charge >= 0.3 is 6.18 Å². The largest absolute Gasteiger partial charge is 0.414 e. The van der Waals surface area contributed by atoms with Crippen molar-refractivity contribution in [3.63, 3.8) is 0 Å². The summed E-state index contributed by atoms with van der Waals surface area (Å²) in [7, 11) is 0. The first-order valence-corrected chi connectivity index (χ1v) is 2.77. The maximum atomic E-state index is 11.4. The van der Waals surface area contributed by atoms with Gasteiger partial charge in [-0.15, -0.1) is 0 Å². The summed E-state index contributed by atoms with van der Waals surface area (Å²) in [5.74, 6) is 0. The Kier molecular flexibility index (Phi) is 3.11. The summed E-state index contributed by atoms with van der Waals surface area (Å²) in [6, 6.07) is 0. The van der Waals surface area contributed by atoms with E-state index in [1.165, 1.54) is 6.92 Å². The van der Waals surface area contributed by atoms with Gasteiger partial charge in [0.15, 0.2) is 6.10 Å². The predicted octanol–water partition coefficient (Wildman–Crippen LogP) is 0.681. The molecular formula is C5H9F3O2. The molecule has 0 unspecified atom stereocenters. The van der Waals surface area contributed by atoms with Crippen molar-refractivity contribution in [2.75, 3.05) is 0 Å². The molecule has 0 aliphatic carbocycles. The molecule has 2 nitrogen and oxygen atoms in total. The Morgan fingerprint density at radius 2 is 1.70 bits per heavy atom. The molecule has 0 fully saturated rings. The lowest BCUT2D eigenvalue weighted by Gasteiger charge is -2.15. The van der Waals surface area contributed by atoms with Gasteiger partial charge in [0.05, 0.1) is 6.10 Å². The Balaban J connectivity index is 3.73. The highest BCUT2D eigenvalue weighted by molar-refractivity contribution is 4.67. The molecule has 5 heteroatoms. The fourth-order valence-electron chi connectivity index (χ4n) is 0.457. The van der Waals surface area contributed by atoms with Crippen LogP contribution in [-0.2, 0) is 0 Å². The third kappa shape index (κ3) is 3.68. The Morgan fingerprint density at radius 1 is 1.30 bits per heavy atom. The number of aliphatic hydroxyl groups is 2. The molecule has 0 aliphatic heterocycles. The SMILES string of the molecule is C[C@@H](O)C[C@@H](O)C(F)(F)F. The van der Waals surface area contributed by atoms with E-state index in [9.17, 15) is 13.2 Å². The molecule has 0 bridgehead atoms. The zero-order valence-electron chi connectivity index (χ0n) is 5.39. The number of rotatable bonds is 2. The van der Waals surface area contributed by atoms with Gasteiger partial charge in [0.2, 0.25) is 0 Å². The van der Waals surface area contributed by atoms with Crippen LogP contribution in [0, 0.1) is 0 Å². The van der Waals surface area contributed by atoms with Gasteiger partial charge in [-0.05, 0) is 6.92 Å². The molecule has 0 rings (SSSR count). The van der Waals surface area contributed by atoms with E-state index in [2.05, 4.69) is 0 Å². The predicted molar refractivity (Wildman–Crippen MR) is 28.4 cm³/mol. The van der Waals surface area contributed by atoms with Crippen LogP contribution in [0.4, 0.5) is 13.2 Å². The first kappa shape index (κ1) is 9.71. The van der Waals surface area contributed by atoms with Crippen LogP contribution in [-0.4, -0.2) is 28.6 Å². The van der Waals surface area contributed by atoms with E-state index in [-0.39, 0.29) is 0 Å². The normalized spacial score (nSPS) is 18.6. The summed E-state index contributed by atoms with van der Waals surface area (Å²) >= 11 is 0.